The molecule has 0 aliphatic heterocycles. The molecule has 2 aromatic heterocycles. The van der Waals surface area contributed by atoms with Crippen LogP contribution in [0.3, 0.4) is 0 Å². The van der Waals surface area contributed by atoms with Crippen LogP contribution in [0.25, 0.3) is 21.8 Å². The zero-order valence-corrected chi connectivity index (χ0v) is 24.3. The van der Waals surface area contributed by atoms with E-state index in [-0.39, 0.29) is 0 Å². The first-order valence-electron chi connectivity index (χ1n) is 14.4. The summed E-state index contributed by atoms with van der Waals surface area (Å²) in [6.07, 6.45) is 2.73. The number of rotatable bonds is 8. The Morgan fingerprint density at radius 1 is 0.537 bits per heavy atom. The molecule has 6 rings (SSSR count). The van der Waals surface area contributed by atoms with Crippen LogP contribution in [-0.2, 0) is 19.3 Å². The molecule has 0 fully saturated rings. The normalized spacial score (nSPS) is 11.2. The number of nitrogens with one attached hydrogen (secondary N) is 2. The fourth-order valence-corrected chi connectivity index (χ4v) is 5.53. The lowest BCUT2D eigenvalue weighted by Gasteiger charge is -2.17. The molecule has 0 spiro atoms. The molecule has 0 amide bonds. The Kier molecular flexibility index (Phi) is 7.39. The van der Waals surface area contributed by atoms with Gasteiger partial charge in [0, 0.05) is 44.9 Å². The molecule has 2 heterocycles. The molecule has 0 radical (unpaired) electrons. The van der Waals surface area contributed by atoms with Crippen molar-refractivity contribution < 1.29 is 0 Å². The topological polar surface area (TPSA) is 49.8 Å². The van der Waals surface area contributed by atoms with Gasteiger partial charge in [0.05, 0.1) is 11.0 Å². The van der Waals surface area contributed by atoms with Crippen molar-refractivity contribution in [2.45, 2.75) is 47.0 Å². The van der Waals surface area contributed by atoms with E-state index in [2.05, 4.69) is 135 Å². The molecular weight excluding hydrogens is 500 g/mol. The van der Waals surface area contributed by atoms with Crippen molar-refractivity contribution in [3.8, 4) is 0 Å². The number of nitrogens with zero attached hydrogens (tertiary/aromatic N) is 2. The first kappa shape index (κ1) is 26.5. The number of hydrogen-bond donors (Lipinski definition) is 2. The zero-order chi connectivity index (χ0) is 28.3. The fourth-order valence-electron chi connectivity index (χ4n) is 5.53. The molecule has 4 nitrogen and oxygen atoms in total. The summed E-state index contributed by atoms with van der Waals surface area (Å²) >= 11 is 0. The number of benzene rings is 4. The molecule has 4 heteroatoms. The lowest BCUT2D eigenvalue weighted by molar-refractivity contribution is 0.963. The van der Waals surface area contributed by atoms with Gasteiger partial charge in [-0.1, -0.05) is 66.6 Å². The maximum absolute atomic E-state index is 4.86. The largest absolute Gasteiger partial charge is 0.355 e. The third-order valence-corrected chi connectivity index (χ3v) is 7.71. The second kappa shape index (κ2) is 11.4. The summed E-state index contributed by atoms with van der Waals surface area (Å²) in [6, 6.07) is 34.5. The number of aromatic nitrogens is 2. The Morgan fingerprint density at radius 2 is 1.05 bits per heavy atom. The maximum atomic E-state index is 4.86. The Labute approximate surface area is 242 Å². The fraction of sp³-hybridized carbons (Fsp3) is 0.189. The van der Waals surface area contributed by atoms with Crippen LogP contribution < -0.4 is 10.6 Å². The predicted octanol–water partition coefficient (Wildman–Crippen LogP) is 9.54. The average Bonchev–Trinajstić information content (AvgIpc) is 2.98. The molecule has 0 aliphatic carbocycles. The van der Waals surface area contributed by atoms with Crippen LogP contribution in [0, 0.1) is 20.8 Å². The van der Waals surface area contributed by atoms with Gasteiger partial charge in [-0.3, -0.25) is 9.97 Å². The van der Waals surface area contributed by atoms with E-state index < -0.39 is 0 Å². The quantitative estimate of drug-likeness (QED) is 0.203. The minimum absolute atomic E-state index is 0.899. The maximum Gasteiger partial charge on any atom is 0.0726 e. The lowest BCUT2D eigenvalue weighted by atomic mass is 10.0. The van der Waals surface area contributed by atoms with Crippen molar-refractivity contribution in [3.05, 3.63) is 131 Å². The van der Waals surface area contributed by atoms with Gasteiger partial charge in [0.15, 0.2) is 0 Å². The minimum Gasteiger partial charge on any atom is -0.355 e. The molecule has 0 saturated heterocycles. The third kappa shape index (κ3) is 5.78. The number of aryl methyl sites for hydroxylation is 6. The summed E-state index contributed by atoms with van der Waals surface area (Å²) in [5.41, 5.74) is 13.7. The smallest absolute Gasteiger partial charge is 0.0726 e. The van der Waals surface area contributed by atoms with Gasteiger partial charge < -0.3 is 10.6 Å². The van der Waals surface area contributed by atoms with E-state index in [0.717, 1.165) is 75.2 Å². The van der Waals surface area contributed by atoms with Gasteiger partial charge in [-0.2, -0.15) is 0 Å². The Hall–Kier alpha value is -4.70. The molecule has 0 bridgehead atoms. The third-order valence-electron chi connectivity index (χ3n) is 7.71. The Morgan fingerprint density at radius 3 is 1.61 bits per heavy atom. The van der Waals surface area contributed by atoms with E-state index in [9.17, 15) is 0 Å². The monoisotopic (exact) mass is 536 g/mol. The van der Waals surface area contributed by atoms with Gasteiger partial charge in [-0.25, -0.2) is 0 Å². The molecule has 204 valence electrons. The van der Waals surface area contributed by atoms with Gasteiger partial charge >= 0.3 is 0 Å². The number of para-hydroxylation sites is 2. The van der Waals surface area contributed by atoms with Gasteiger partial charge in [0.25, 0.3) is 0 Å². The molecule has 0 unspecified atom stereocenters. The van der Waals surface area contributed by atoms with Crippen molar-refractivity contribution in [2.75, 3.05) is 10.6 Å². The van der Waals surface area contributed by atoms with E-state index in [4.69, 9.17) is 9.97 Å². The van der Waals surface area contributed by atoms with Crippen LogP contribution in [0.2, 0.25) is 0 Å². The van der Waals surface area contributed by atoms with Crippen LogP contribution in [-0.4, -0.2) is 9.97 Å². The standard InChI is InChI=1S/C37H36N4/c1-5-29-23-37(31-21-25(3)15-19-35(31)39-29)41-33-13-9-7-11-28(33)17-16-27-10-6-8-12-32(27)40-36-22-26(4)38-34-18-14-24(2)20-30(34)36/h6-15,18-23H,5,16-17H2,1-4H3,(H,38,40)(H,39,41). The highest BCUT2D eigenvalue weighted by molar-refractivity contribution is 5.95. The van der Waals surface area contributed by atoms with Crippen molar-refractivity contribution in [2.24, 2.45) is 0 Å². The summed E-state index contributed by atoms with van der Waals surface area (Å²) in [6.45, 7) is 8.47. The van der Waals surface area contributed by atoms with Crippen molar-refractivity contribution in [1.82, 2.24) is 9.97 Å². The van der Waals surface area contributed by atoms with E-state index in [1.165, 1.54) is 22.3 Å². The van der Waals surface area contributed by atoms with E-state index in [0.29, 0.717) is 0 Å². The molecular formula is C37H36N4. The van der Waals surface area contributed by atoms with Gasteiger partial charge in [-0.15, -0.1) is 0 Å². The number of hydrogen-bond acceptors (Lipinski definition) is 4. The van der Waals surface area contributed by atoms with E-state index >= 15 is 0 Å². The second-order valence-corrected chi connectivity index (χ2v) is 10.9. The minimum atomic E-state index is 0.899. The molecule has 41 heavy (non-hydrogen) atoms. The van der Waals surface area contributed by atoms with Gasteiger partial charge in [0.1, 0.15) is 0 Å². The number of pyridine rings is 2. The van der Waals surface area contributed by atoms with Crippen LogP contribution >= 0.6 is 0 Å². The highest BCUT2D eigenvalue weighted by Crippen LogP contribution is 2.32. The Balaban J connectivity index is 1.28. The highest BCUT2D eigenvalue weighted by atomic mass is 14.9. The molecule has 2 N–H and O–H groups in total. The summed E-state index contributed by atoms with van der Waals surface area (Å²) in [5.74, 6) is 0. The number of fused-ring (bicyclic) bond motifs is 2. The van der Waals surface area contributed by atoms with Crippen molar-refractivity contribution in [3.63, 3.8) is 0 Å². The first-order valence-corrected chi connectivity index (χ1v) is 14.4. The molecule has 0 atom stereocenters. The highest BCUT2D eigenvalue weighted by Gasteiger charge is 2.11. The molecule has 0 aliphatic rings. The van der Waals surface area contributed by atoms with Crippen LogP contribution in [0.4, 0.5) is 22.7 Å². The summed E-state index contributed by atoms with van der Waals surface area (Å²) < 4.78 is 0. The SMILES string of the molecule is CCc1cc(Nc2ccccc2CCc2ccccc2Nc2cc(C)nc3ccc(C)cc23)c2cc(C)ccc2n1. The molecule has 0 saturated carbocycles. The van der Waals surface area contributed by atoms with E-state index in [1.54, 1.807) is 0 Å². The van der Waals surface area contributed by atoms with Crippen LogP contribution in [0.1, 0.15) is 40.6 Å². The Bertz CT molecular complexity index is 1870. The predicted molar refractivity (Wildman–Crippen MR) is 174 cm³/mol. The summed E-state index contributed by atoms with van der Waals surface area (Å²) in [7, 11) is 0. The van der Waals surface area contributed by atoms with Gasteiger partial charge in [0.2, 0.25) is 0 Å². The van der Waals surface area contributed by atoms with Crippen LogP contribution in [0.15, 0.2) is 97.1 Å². The second-order valence-electron chi connectivity index (χ2n) is 10.9. The van der Waals surface area contributed by atoms with E-state index in [1.807, 2.05) is 0 Å². The van der Waals surface area contributed by atoms with Crippen molar-refractivity contribution >= 4 is 44.6 Å². The molecule has 4 aromatic carbocycles. The zero-order valence-electron chi connectivity index (χ0n) is 24.3. The first-order chi connectivity index (χ1) is 20.0. The molecule has 6 aromatic rings. The summed E-state index contributed by atoms with van der Waals surface area (Å²) in [5, 5.41) is 9.83. The van der Waals surface area contributed by atoms with Crippen molar-refractivity contribution in [1.29, 1.82) is 0 Å². The van der Waals surface area contributed by atoms with Crippen LogP contribution in [0.5, 0.6) is 0 Å². The van der Waals surface area contributed by atoms with Gasteiger partial charge in [-0.05, 0) is 99.7 Å². The number of anilines is 4. The summed E-state index contributed by atoms with van der Waals surface area (Å²) in [4.78, 5) is 9.60. The lowest BCUT2D eigenvalue weighted by Crippen LogP contribution is -2.03. The average molecular weight is 537 g/mol.